The van der Waals surface area contributed by atoms with Gasteiger partial charge in [0.1, 0.15) is 0 Å². The van der Waals surface area contributed by atoms with Gasteiger partial charge in [-0.2, -0.15) is 0 Å². The molecule has 1 aliphatic heterocycles. The molecular weight excluding hydrogens is 152 g/mol. The van der Waals surface area contributed by atoms with Crippen molar-refractivity contribution in [2.24, 2.45) is 5.73 Å². The fourth-order valence-corrected chi connectivity index (χ4v) is 1.54. The molecule has 0 fully saturated rings. The largest absolute Gasteiger partial charge is 0.477 e. The van der Waals surface area contributed by atoms with Crippen LogP contribution in [0.15, 0.2) is 10.7 Å². The molecule has 4 nitrogen and oxygen atoms in total. The molecule has 1 atom stereocenters. The van der Waals surface area contributed by atoms with Gasteiger partial charge in [0.15, 0.2) is 5.70 Å². The topological polar surface area (TPSA) is 75.3 Å². The average Bonchev–Trinajstić information content (AvgIpc) is 2.10. The van der Waals surface area contributed by atoms with E-state index in [9.17, 15) is 4.79 Å². The van der Waals surface area contributed by atoms with Gasteiger partial charge in [0.2, 0.25) is 0 Å². The summed E-state index contributed by atoms with van der Waals surface area (Å²) in [6.45, 7) is 1.85. The van der Waals surface area contributed by atoms with E-state index in [1.807, 2.05) is 6.92 Å². The number of carbonyl (C=O) groups is 1. The lowest BCUT2D eigenvalue weighted by atomic mass is 10.4. The fourth-order valence-electron chi connectivity index (χ4n) is 0.720. The van der Waals surface area contributed by atoms with E-state index in [1.165, 1.54) is 11.8 Å². The van der Waals surface area contributed by atoms with Gasteiger partial charge in [0.25, 0.3) is 0 Å². The van der Waals surface area contributed by atoms with Crippen molar-refractivity contribution >= 4 is 17.7 Å². The molecule has 4 N–H and O–H groups in total. The van der Waals surface area contributed by atoms with E-state index in [4.69, 9.17) is 10.8 Å². The number of rotatable bonds is 1. The first kappa shape index (κ1) is 7.27. The quantitative estimate of drug-likeness (QED) is 0.498. The Morgan fingerprint density at radius 2 is 2.50 bits per heavy atom. The summed E-state index contributed by atoms with van der Waals surface area (Å²) < 4.78 is 0. The van der Waals surface area contributed by atoms with E-state index >= 15 is 0 Å². The first-order valence-corrected chi connectivity index (χ1v) is 3.65. The summed E-state index contributed by atoms with van der Waals surface area (Å²) in [5, 5.41) is 11.6. The highest BCUT2D eigenvalue weighted by Crippen LogP contribution is 2.25. The van der Waals surface area contributed by atoms with Crippen LogP contribution in [0.2, 0.25) is 0 Å². The minimum Gasteiger partial charge on any atom is -0.477 e. The maximum Gasteiger partial charge on any atom is 0.354 e. The predicted octanol–water partition coefficient (Wildman–Crippen LogP) is -0.119. The number of carboxylic acids is 1. The first-order valence-electron chi connectivity index (χ1n) is 2.77. The monoisotopic (exact) mass is 160 g/mol. The van der Waals surface area contributed by atoms with E-state index in [-0.39, 0.29) is 11.1 Å². The number of nitrogens with two attached hydrogens (primary N) is 1. The van der Waals surface area contributed by atoms with Crippen LogP contribution < -0.4 is 11.1 Å². The molecule has 1 unspecified atom stereocenters. The van der Waals surface area contributed by atoms with Crippen LogP contribution in [0.25, 0.3) is 0 Å². The highest BCUT2D eigenvalue weighted by atomic mass is 32.2. The van der Waals surface area contributed by atoms with Crippen LogP contribution in [0.3, 0.4) is 0 Å². The molecule has 1 rings (SSSR count). The van der Waals surface area contributed by atoms with Gasteiger partial charge < -0.3 is 16.2 Å². The summed E-state index contributed by atoms with van der Waals surface area (Å²) in [4.78, 5) is 10.3. The van der Waals surface area contributed by atoms with Crippen molar-refractivity contribution in [1.29, 1.82) is 0 Å². The summed E-state index contributed by atoms with van der Waals surface area (Å²) in [6, 6.07) is 0. The second-order valence-corrected chi connectivity index (χ2v) is 3.33. The summed E-state index contributed by atoms with van der Waals surface area (Å²) in [6.07, 6.45) is 0. The zero-order valence-electron chi connectivity index (χ0n) is 5.42. The van der Waals surface area contributed by atoms with E-state index in [2.05, 4.69) is 5.32 Å². The Kier molecular flexibility index (Phi) is 1.76. The van der Waals surface area contributed by atoms with Crippen molar-refractivity contribution in [1.82, 2.24) is 5.32 Å². The van der Waals surface area contributed by atoms with Crippen LogP contribution in [0.1, 0.15) is 6.92 Å². The Balaban J connectivity index is 2.76. The van der Waals surface area contributed by atoms with Gasteiger partial charge in [-0.15, -0.1) is 0 Å². The number of carboxylic acid groups (broad SMARTS) is 1. The summed E-state index contributed by atoms with van der Waals surface area (Å²) in [5.41, 5.74) is 5.49. The summed E-state index contributed by atoms with van der Waals surface area (Å²) >= 11 is 1.32. The molecule has 0 aliphatic carbocycles. The molecule has 0 amide bonds. The lowest BCUT2D eigenvalue weighted by molar-refractivity contribution is -0.133. The van der Waals surface area contributed by atoms with Gasteiger partial charge in [-0.25, -0.2) is 4.79 Å². The highest BCUT2D eigenvalue weighted by molar-refractivity contribution is 8.03. The van der Waals surface area contributed by atoms with Crippen LogP contribution in [0.5, 0.6) is 0 Å². The maximum absolute atomic E-state index is 10.3. The van der Waals surface area contributed by atoms with Gasteiger partial charge in [-0.05, 0) is 6.92 Å². The van der Waals surface area contributed by atoms with Crippen LogP contribution in [-0.4, -0.2) is 16.4 Å². The Hall–Kier alpha value is -0.840. The normalized spacial score (nSPS) is 24.7. The average molecular weight is 160 g/mol. The third-order valence-corrected chi connectivity index (χ3v) is 2.04. The number of thioether (sulfide) groups is 1. The molecule has 5 heteroatoms. The van der Waals surface area contributed by atoms with Gasteiger partial charge in [-0.3, -0.25) is 0 Å². The van der Waals surface area contributed by atoms with Crippen molar-refractivity contribution < 1.29 is 9.90 Å². The molecule has 0 bridgehead atoms. The molecule has 10 heavy (non-hydrogen) atoms. The zero-order chi connectivity index (χ0) is 7.72. The second-order valence-electron chi connectivity index (χ2n) is 1.95. The zero-order valence-corrected chi connectivity index (χ0v) is 6.23. The molecule has 0 aromatic carbocycles. The standard InChI is InChI=1S/C5H8N2O2S/c1-2-7-3(5(8)9)4(6)10-2/h2,7H,6H2,1H3,(H,8,9). The van der Waals surface area contributed by atoms with Gasteiger partial charge in [0, 0.05) is 0 Å². The SMILES string of the molecule is CC1NC(C(=O)O)=C(N)S1. The number of hydrogen-bond acceptors (Lipinski definition) is 4. The highest BCUT2D eigenvalue weighted by Gasteiger charge is 2.23. The molecule has 0 radical (unpaired) electrons. The molecule has 0 aromatic rings. The van der Waals surface area contributed by atoms with Crippen molar-refractivity contribution in [3.8, 4) is 0 Å². The van der Waals surface area contributed by atoms with Gasteiger partial charge in [0.05, 0.1) is 10.4 Å². The molecule has 0 spiro atoms. The van der Waals surface area contributed by atoms with Crippen molar-refractivity contribution in [2.45, 2.75) is 12.3 Å². The number of aliphatic carboxylic acids is 1. The molecule has 0 saturated heterocycles. The van der Waals surface area contributed by atoms with Crippen molar-refractivity contribution in [3.63, 3.8) is 0 Å². The maximum atomic E-state index is 10.3. The summed E-state index contributed by atoms with van der Waals surface area (Å²) in [5.74, 6) is -0.991. The second kappa shape index (κ2) is 2.42. The molecule has 1 aliphatic rings. The van der Waals surface area contributed by atoms with E-state index in [1.54, 1.807) is 0 Å². The third-order valence-electron chi connectivity index (χ3n) is 1.11. The Morgan fingerprint density at radius 1 is 1.90 bits per heavy atom. The summed E-state index contributed by atoms with van der Waals surface area (Å²) in [7, 11) is 0. The third kappa shape index (κ3) is 1.18. The first-order chi connectivity index (χ1) is 4.61. The van der Waals surface area contributed by atoms with Crippen molar-refractivity contribution in [3.05, 3.63) is 10.7 Å². The van der Waals surface area contributed by atoms with Crippen LogP contribution in [0, 0.1) is 0 Å². The lowest BCUT2D eigenvalue weighted by Crippen LogP contribution is -2.22. The number of nitrogens with one attached hydrogen (secondary N) is 1. The Morgan fingerprint density at radius 3 is 2.70 bits per heavy atom. The fraction of sp³-hybridized carbons (Fsp3) is 0.400. The van der Waals surface area contributed by atoms with E-state index in [0.717, 1.165) is 0 Å². The molecule has 0 aromatic heterocycles. The molecule has 0 saturated carbocycles. The van der Waals surface area contributed by atoms with Crippen LogP contribution in [0.4, 0.5) is 0 Å². The van der Waals surface area contributed by atoms with E-state index < -0.39 is 5.97 Å². The molecule has 1 heterocycles. The van der Waals surface area contributed by atoms with E-state index in [0.29, 0.717) is 5.03 Å². The minimum atomic E-state index is -0.991. The number of hydrogen-bond donors (Lipinski definition) is 3. The lowest BCUT2D eigenvalue weighted by Gasteiger charge is -2.00. The van der Waals surface area contributed by atoms with Crippen LogP contribution in [-0.2, 0) is 4.79 Å². The minimum absolute atomic E-state index is 0.0751. The van der Waals surface area contributed by atoms with Crippen LogP contribution >= 0.6 is 11.8 Å². The van der Waals surface area contributed by atoms with Crippen molar-refractivity contribution in [2.75, 3.05) is 0 Å². The van der Waals surface area contributed by atoms with Gasteiger partial charge >= 0.3 is 5.97 Å². The Labute approximate surface area is 62.5 Å². The molecular formula is C5H8N2O2S. The molecule has 56 valence electrons. The Bertz CT molecular complexity index is 202. The smallest absolute Gasteiger partial charge is 0.354 e. The van der Waals surface area contributed by atoms with Gasteiger partial charge in [-0.1, -0.05) is 11.8 Å². The predicted molar refractivity (Wildman–Crippen MR) is 39.0 cm³/mol.